The summed E-state index contributed by atoms with van der Waals surface area (Å²) < 4.78 is 34.5. The molecule has 0 aromatic heterocycles. The monoisotopic (exact) mass is 565 g/mol. The van der Waals surface area contributed by atoms with E-state index in [1.807, 2.05) is 57.2 Å². The van der Waals surface area contributed by atoms with Crippen molar-refractivity contribution in [1.82, 2.24) is 10.2 Å². The summed E-state index contributed by atoms with van der Waals surface area (Å²) in [5, 5.41) is 2.90. The Hall–Kier alpha value is -3.85. The van der Waals surface area contributed by atoms with E-state index < -0.39 is 28.5 Å². The lowest BCUT2D eigenvalue weighted by molar-refractivity contribution is -0.138. The quantitative estimate of drug-likeness (QED) is 0.331. The molecule has 2 amide bonds. The molecule has 1 N–H and O–H groups in total. The number of benzene rings is 3. The second kappa shape index (κ2) is 14.0. The number of carbonyl (C=O) groups excluding carboxylic acids is 2. The molecule has 0 aliphatic heterocycles. The van der Waals surface area contributed by atoms with Crippen molar-refractivity contribution in [2.45, 2.75) is 45.1 Å². The van der Waals surface area contributed by atoms with Crippen molar-refractivity contribution in [3.63, 3.8) is 0 Å². The van der Waals surface area contributed by atoms with Gasteiger partial charge < -0.3 is 15.0 Å². The van der Waals surface area contributed by atoms with Crippen LogP contribution >= 0.6 is 0 Å². The van der Waals surface area contributed by atoms with Gasteiger partial charge >= 0.3 is 0 Å². The molecule has 0 saturated heterocycles. The fraction of sp³-hybridized carbons (Fsp3) is 0.355. The molecule has 3 aromatic carbocycles. The minimum Gasteiger partial charge on any atom is -0.495 e. The first-order valence-electron chi connectivity index (χ1n) is 13.4. The van der Waals surface area contributed by atoms with Gasteiger partial charge in [-0.25, -0.2) is 8.42 Å². The molecule has 3 aromatic rings. The molecular formula is C31H39N3O5S. The van der Waals surface area contributed by atoms with E-state index in [1.54, 1.807) is 37.3 Å². The lowest BCUT2D eigenvalue weighted by atomic mass is 10.1. The topological polar surface area (TPSA) is 96.0 Å². The zero-order valence-electron chi connectivity index (χ0n) is 23.8. The Morgan fingerprint density at radius 1 is 0.925 bits per heavy atom. The second-order valence-corrected chi connectivity index (χ2v) is 12.0. The largest absolute Gasteiger partial charge is 0.495 e. The van der Waals surface area contributed by atoms with Crippen molar-refractivity contribution in [2.75, 3.05) is 31.0 Å². The number of rotatable bonds is 13. The first-order valence-corrected chi connectivity index (χ1v) is 14.8. The van der Waals surface area contributed by atoms with Gasteiger partial charge in [-0.05, 0) is 61.6 Å². The van der Waals surface area contributed by atoms with Crippen molar-refractivity contribution in [3.8, 4) is 5.75 Å². The molecule has 0 spiro atoms. The van der Waals surface area contributed by atoms with Crippen LogP contribution in [0.25, 0.3) is 0 Å². The number of carbonyl (C=O) groups is 2. The van der Waals surface area contributed by atoms with Crippen molar-refractivity contribution >= 4 is 27.5 Å². The Balaban J connectivity index is 2.02. The molecule has 0 fully saturated rings. The fourth-order valence-electron chi connectivity index (χ4n) is 4.25. The van der Waals surface area contributed by atoms with Crippen LogP contribution in [0.15, 0.2) is 83.8 Å². The number of nitrogens with one attached hydrogen (secondary N) is 1. The van der Waals surface area contributed by atoms with Gasteiger partial charge in [-0.1, -0.05) is 68.4 Å². The van der Waals surface area contributed by atoms with Crippen LogP contribution in [-0.4, -0.2) is 57.9 Å². The van der Waals surface area contributed by atoms with Gasteiger partial charge in [0.2, 0.25) is 11.8 Å². The second-order valence-electron chi connectivity index (χ2n) is 10.1. The van der Waals surface area contributed by atoms with E-state index in [0.717, 1.165) is 15.4 Å². The summed E-state index contributed by atoms with van der Waals surface area (Å²) in [5.74, 6) is -0.228. The molecule has 0 aliphatic carbocycles. The maximum absolute atomic E-state index is 14.0. The van der Waals surface area contributed by atoms with Gasteiger partial charge in [0.15, 0.2) is 0 Å². The Morgan fingerprint density at radius 3 is 2.15 bits per heavy atom. The summed E-state index contributed by atoms with van der Waals surface area (Å²) in [7, 11) is -2.71. The molecule has 40 heavy (non-hydrogen) atoms. The number of nitrogens with zero attached hydrogens (tertiary/aromatic N) is 2. The lowest BCUT2D eigenvalue weighted by Gasteiger charge is -2.32. The minimum atomic E-state index is -4.16. The number of hydrogen-bond donors (Lipinski definition) is 1. The Morgan fingerprint density at radius 2 is 1.55 bits per heavy atom. The number of aryl methyl sites for hydroxylation is 1. The van der Waals surface area contributed by atoms with Gasteiger partial charge in [0.25, 0.3) is 10.0 Å². The minimum absolute atomic E-state index is 0.0462. The highest BCUT2D eigenvalue weighted by atomic mass is 32.2. The Bertz CT molecular complexity index is 1380. The maximum atomic E-state index is 14.0. The van der Waals surface area contributed by atoms with E-state index in [0.29, 0.717) is 18.7 Å². The Labute approximate surface area is 238 Å². The molecule has 9 heteroatoms. The molecule has 0 bridgehead atoms. The van der Waals surface area contributed by atoms with E-state index >= 15 is 0 Å². The molecule has 214 valence electrons. The Kier molecular flexibility index (Phi) is 10.7. The van der Waals surface area contributed by atoms with Crippen LogP contribution in [0.3, 0.4) is 0 Å². The number of methoxy groups -OCH3 is 1. The van der Waals surface area contributed by atoms with Crippen molar-refractivity contribution < 1.29 is 22.7 Å². The maximum Gasteiger partial charge on any atom is 0.264 e. The number of hydrogen-bond acceptors (Lipinski definition) is 5. The van der Waals surface area contributed by atoms with E-state index in [9.17, 15) is 18.0 Å². The summed E-state index contributed by atoms with van der Waals surface area (Å²) >= 11 is 0. The molecule has 8 nitrogen and oxygen atoms in total. The lowest BCUT2D eigenvalue weighted by Crippen LogP contribution is -2.52. The van der Waals surface area contributed by atoms with Gasteiger partial charge in [-0.3, -0.25) is 13.9 Å². The van der Waals surface area contributed by atoms with Crippen LogP contribution in [0.1, 0.15) is 31.9 Å². The van der Waals surface area contributed by atoms with Crippen LogP contribution in [-0.2, 0) is 26.0 Å². The molecule has 1 atom stereocenters. The first-order chi connectivity index (χ1) is 19.0. The van der Waals surface area contributed by atoms with E-state index in [1.165, 1.54) is 24.1 Å². The normalized spacial score (nSPS) is 12.1. The van der Waals surface area contributed by atoms with Crippen molar-refractivity contribution in [2.24, 2.45) is 5.92 Å². The number of sulfonamides is 1. The SMILES string of the molecule is COc1ccc(C)cc1N(CC(=O)N(CCc1ccccc1)[C@H](C)C(=O)NCC(C)C)S(=O)(=O)c1ccccc1. The third kappa shape index (κ3) is 7.85. The van der Waals surface area contributed by atoms with Crippen LogP contribution in [0, 0.1) is 12.8 Å². The zero-order chi connectivity index (χ0) is 29.3. The average Bonchev–Trinajstić information content (AvgIpc) is 2.95. The summed E-state index contributed by atoms with van der Waals surface area (Å²) in [4.78, 5) is 28.6. The van der Waals surface area contributed by atoms with Crippen LogP contribution in [0.4, 0.5) is 5.69 Å². The number of anilines is 1. The predicted octanol–water partition coefficient (Wildman–Crippen LogP) is 4.43. The highest BCUT2D eigenvalue weighted by Gasteiger charge is 2.33. The summed E-state index contributed by atoms with van der Waals surface area (Å²) in [5.41, 5.74) is 2.06. The molecular weight excluding hydrogens is 526 g/mol. The van der Waals surface area contributed by atoms with Crippen molar-refractivity contribution in [1.29, 1.82) is 0 Å². The molecule has 0 radical (unpaired) electrons. The van der Waals surface area contributed by atoms with E-state index in [4.69, 9.17) is 4.74 Å². The zero-order valence-corrected chi connectivity index (χ0v) is 24.6. The summed E-state index contributed by atoms with van der Waals surface area (Å²) in [6.45, 7) is 7.69. The predicted molar refractivity (Wildman–Crippen MR) is 158 cm³/mol. The average molecular weight is 566 g/mol. The van der Waals surface area contributed by atoms with E-state index in [-0.39, 0.29) is 29.0 Å². The molecule has 0 heterocycles. The fourth-order valence-corrected chi connectivity index (χ4v) is 5.69. The third-order valence-electron chi connectivity index (χ3n) is 6.55. The third-order valence-corrected chi connectivity index (χ3v) is 8.32. The van der Waals surface area contributed by atoms with Gasteiger partial charge in [-0.2, -0.15) is 0 Å². The summed E-state index contributed by atoms with van der Waals surface area (Å²) in [6, 6.07) is 22.0. The number of amides is 2. The molecule has 3 rings (SSSR count). The van der Waals surface area contributed by atoms with Gasteiger partial charge in [0, 0.05) is 13.1 Å². The summed E-state index contributed by atoms with van der Waals surface area (Å²) in [6.07, 6.45) is 0.508. The highest BCUT2D eigenvalue weighted by Crippen LogP contribution is 2.33. The van der Waals surface area contributed by atoms with Gasteiger partial charge in [-0.15, -0.1) is 0 Å². The van der Waals surface area contributed by atoms with Crippen molar-refractivity contribution in [3.05, 3.63) is 90.0 Å². The van der Waals surface area contributed by atoms with Crippen LogP contribution < -0.4 is 14.4 Å². The van der Waals surface area contributed by atoms with Crippen LogP contribution in [0.2, 0.25) is 0 Å². The number of ether oxygens (including phenoxy) is 1. The molecule has 0 unspecified atom stereocenters. The molecule has 0 aliphatic rings. The van der Waals surface area contributed by atoms with Gasteiger partial charge in [0.1, 0.15) is 18.3 Å². The smallest absolute Gasteiger partial charge is 0.264 e. The molecule has 0 saturated carbocycles. The highest BCUT2D eigenvalue weighted by molar-refractivity contribution is 7.92. The van der Waals surface area contributed by atoms with E-state index in [2.05, 4.69) is 5.32 Å². The van der Waals surface area contributed by atoms with Gasteiger partial charge in [0.05, 0.1) is 17.7 Å². The van der Waals surface area contributed by atoms with Crippen LogP contribution in [0.5, 0.6) is 5.75 Å². The first kappa shape index (κ1) is 30.7. The standard InChI is InChI=1S/C31H39N3O5S/c1-23(2)21-32-31(36)25(4)33(19-18-26-12-8-6-9-13-26)30(35)22-34(28-20-24(3)16-17-29(28)39-5)40(37,38)27-14-10-7-11-15-27/h6-17,20,23,25H,18-19,21-22H2,1-5H3,(H,32,36)/t25-/m1/s1.